The number of hydrogen-bond donors (Lipinski definition) is 3. The largest absolute Gasteiger partial charge is 0.462 e. The van der Waals surface area contributed by atoms with Crippen LogP contribution in [0.15, 0.2) is 109 Å². The minimum atomic E-state index is -0.820. The standard InChI is InChI=1S/C58H97NO5/c1-4-7-10-13-16-19-22-25-27-29-30-32-34-37-40-43-46-49-54(64-58(63)51-48-45-42-39-36-33-31-28-26-23-20-17-14-11-8-5-2)52-57(62)59-55(53-60)56(61)50-47-44-41-38-35-24-21-18-15-12-9-6-3/h8,11,16-17,19-20,25-28,30,32-33,36-37,40,42,45,54-56,60-61H,4-7,9-10,12-15,18,21-24,29,31,34-35,38-39,41,43-44,46-53H2,1-3H3,(H,59,62)/b11-8+,19-16-,20-17+,27-25-,28-26+,32-30-,36-33+,40-37-,45-42+. The fourth-order valence-corrected chi connectivity index (χ4v) is 7.17. The molecule has 64 heavy (non-hydrogen) atoms. The van der Waals surface area contributed by atoms with Crippen molar-refractivity contribution >= 4 is 11.9 Å². The molecule has 0 aliphatic rings. The second-order valence-electron chi connectivity index (χ2n) is 17.2. The fraction of sp³-hybridized carbons (Fsp3) is 0.655. The Labute approximate surface area is 394 Å². The van der Waals surface area contributed by atoms with Crippen LogP contribution in [0.2, 0.25) is 0 Å². The molecule has 0 aromatic heterocycles. The predicted molar refractivity (Wildman–Crippen MR) is 277 cm³/mol. The van der Waals surface area contributed by atoms with Crippen LogP contribution in [-0.4, -0.2) is 46.9 Å². The van der Waals surface area contributed by atoms with E-state index in [2.05, 4.69) is 129 Å². The lowest BCUT2D eigenvalue weighted by Crippen LogP contribution is -2.46. The first-order chi connectivity index (χ1) is 31.5. The Balaban J connectivity index is 4.84. The first-order valence-corrected chi connectivity index (χ1v) is 26.1. The van der Waals surface area contributed by atoms with Crippen LogP contribution < -0.4 is 5.32 Å². The number of hydrogen-bond acceptors (Lipinski definition) is 5. The summed E-state index contributed by atoms with van der Waals surface area (Å²) < 4.78 is 5.86. The van der Waals surface area contributed by atoms with Gasteiger partial charge < -0.3 is 20.3 Å². The second-order valence-corrected chi connectivity index (χ2v) is 17.2. The first kappa shape index (κ1) is 60.5. The van der Waals surface area contributed by atoms with Gasteiger partial charge in [0.05, 0.1) is 25.2 Å². The Kier molecular flexibility index (Phi) is 47.8. The van der Waals surface area contributed by atoms with Crippen molar-refractivity contribution in [1.29, 1.82) is 0 Å². The van der Waals surface area contributed by atoms with Crippen LogP contribution in [0.3, 0.4) is 0 Å². The SMILES string of the molecule is CC/C=C/C/C=C/C/C=C/C/C=C/C/C=C/CCC(=O)OC(CCC/C=C\C/C=C\C/C=C\C/C=C\CCCCC)CC(=O)NC(CO)C(O)CCCCCCCCCCCCCC. The molecule has 6 heteroatoms. The van der Waals surface area contributed by atoms with Crippen LogP contribution in [0, 0.1) is 0 Å². The van der Waals surface area contributed by atoms with Crippen LogP contribution >= 0.6 is 0 Å². The number of unbranched alkanes of at least 4 members (excludes halogenated alkanes) is 15. The molecular weight excluding hydrogens is 791 g/mol. The molecular formula is C58H97NO5. The molecule has 6 nitrogen and oxygen atoms in total. The summed E-state index contributed by atoms with van der Waals surface area (Å²) in [6.07, 6.45) is 68.7. The molecule has 0 aromatic rings. The van der Waals surface area contributed by atoms with Crippen LogP contribution in [0.1, 0.15) is 220 Å². The minimum Gasteiger partial charge on any atom is -0.462 e. The molecule has 0 saturated heterocycles. The van der Waals surface area contributed by atoms with E-state index in [1.165, 1.54) is 83.5 Å². The second kappa shape index (κ2) is 50.5. The number of carbonyl (C=O) groups excluding carboxylic acids is 2. The van der Waals surface area contributed by atoms with Gasteiger partial charge in [-0.3, -0.25) is 9.59 Å². The van der Waals surface area contributed by atoms with Gasteiger partial charge >= 0.3 is 5.97 Å². The third-order valence-electron chi connectivity index (χ3n) is 11.1. The van der Waals surface area contributed by atoms with Gasteiger partial charge in [-0.05, 0) is 96.3 Å². The number of nitrogens with one attached hydrogen (secondary N) is 1. The average molecular weight is 888 g/mol. The molecule has 0 saturated carbocycles. The van der Waals surface area contributed by atoms with Gasteiger partial charge in [-0.1, -0.05) is 220 Å². The lowest BCUT2D eigenvalue weighted by Gasteiger charge is -2.24. The maximum atomic E-state index is 13.2. The fourth-order valence-electron chi connectivity index (χ4n) is 7.17. The van der Waals surface area contributed by atoms with Gasteiger partial charge in [0.25, 0.3) is 0 Å². The molecule has 3 unspecified atom stereocenters. The lowest BCUT2D eigenvalue weighted by molar-refractivity contribution is -0.150. The van der Waals surface area contributed by atoms with Crippen LogP contribution in [0.5, 0.6) is 0 Å². The smallest absolute Gasteiger partial charge is 0.306 e. The number of ether oxygens (including phenoxy) is 1. The van der Waals surface area contributed by atoms with E-state index in [9.17, 15) is 19.8 Å². The molecule has 3 N–H and O–H groups in total. The van der Waals surface area contributed by atoms with E-state index < -0.39 is 18.2 Å². The summed E-state index contributed by atoms with van der Waals surface area (Å²) in [5, 5.41) is 23.7. The van der Waals surface area contributed by atoms with Gasteiger partial charge in [-0.25, -0.2) is 0 Å². The summed E-state index contributed by atoms with van der Waals surface area (Å²) in [7, 11) is 0. The molecule has 0 heterocycles. The predicted octanol–water partition coefficient (Wildman–Crippen LogP) is 15.9. The van der Waals surface area contributed by atoms with Gasteiger partial charge in [0.2, 0.25) is 5.91 Å². The number of aliphatic hydroxyl groups is 2. The van der Waals surface area contributed by atoms with E-state index >= 15 is 0 Å². The van der Waals surface area contributed by atoms with Crippen molar-refractivity contribution in [2.75, 3.05) is 6.61 Å². The molecule has 0 spiro atoms. The average Bonchev–Trinajstić information content (AvgIpc) is 3.29. The summed E-state index contributed by atoms with van der Waals surface area (Å²) in [4.78, 5) is 26.1. The van der Waals surface area contributed by atoms with Crippen molar-refractivity contribution < 1.29 is 24.5 Å². The van der Waals surface area contributed by atoms with E-state index in [0.717, 1.165) is 83.5 Å². The highest BCUT2D eigenvalue weighted by Crippen LogP contribution is 2.16. The Morgan fingerprint density at radius 3 is 1.31 bits per heavy atom. The van der Waals surface area contributed by atoms with Crippen molar-refractivity contribution in [2.45, 2.75) is 238 Å². The molecule has 0 fully saturated rings. The first-order valence-electron chi connectivity index (χ1n) is 26.1. The highest BCUT2D eigenvalue weighted by molar-refractivity contribution is 5.77. The van der Waals surface area contributed by atoms with E-state index in [1.54, 1.807) is 0 Å². The molecule has 0 rings (SSSR count). The zero-order valence-corrected chi connectivity index (χ0v) is 41.4. The Bertz CT molecular complexity index is 1320. The van der Waals surface area contributed by atoms with Crippen molar-refractivity contribution in [3.63, 3.8) is 0 Å². The van der Waals surface area contributed by atoms with Crippen molar-refractivity contribution in [3.05, 3.63) is 109 Å². The summed E-state index contributed by atoms with van der Waals surface area (Å²) in [5.74, 6) is -0.636. The molecule has 0 aromatic carbocycles. The van der Waals surface area contributed by atoms with E-state index in [0.29, 0.717) is 19.3 Å². The number of amides is 1. The Hall–Kier alpha value is -3.48. The minimum absolute atomic E-state index is 0.00382. The van der Waals surface area contributed by atoms with E-state index in [1.807, 2.05) is 6.08 Å². The van der Waals surface area contributed by atoms with Gasteiger partial charge in [0.15, 0.2) is 0 Å². The summed E-state index contributed by atoms with van der Waals surface area (Å²) in [6, 6.07) is -0.740. The van der Waals surface area contributed by atoms with E-state index in [4.69, 9.17) is 4.74 Å². The quantitative estimate of drug-likeness (QED) is 0.0322. The Morgan fingerprint density at radius 1 is 0.469 bits per heavy atom. The van der Waals surface area contributed by atoms with Crippen LogP contribution in [-0.2, 0) is 14.3 Å². The van der Waals surface area contributed by atoms with Gasteiger partial charge in [-0.2, -0.15) is 0 Å². The molecule has 0 bridgehead atoms. The molecule has 3 atom stereocenters. The number of aliphatic hydroxyl groups excluding tert-OH is 2. The highest BCUT2D eigenvalue weighted by atomic mass is 16.5. The normalized spacial score (nSPS) is 14.1. The third kappa shape index (κ3) is 45.1. The number of allylic oxidation sites excluding steroid dienone is 18. The zero-order valence-electron chi connectivity index (χ0n) is 41.4. The molecule has 0 aliphatic heterocycles. The molecule has 0 aliphatic carbocycles. The maximum absolute atomic E-state index is 13.2. The monoisotopic (exact) mass is 888 g/mol. The summed E-state index contributed by atoms with van der Waals surface area (Å²) >= 11 is 0. The van der Waals surface area contributed by atoms with Crippen molar-refractivity contribution in [3.8, 4) is 0 Å². The topological polar surface area (TPSA) is 95.9 Å². The summed E-state index contributed by atoms with van der Waals surface area (Å²) in [5.41, 5.74) is 0. The van der Waals surface area contributed by atoms with Crippen LogP contribution in [0.4, 0.5) is 0 Å². The van der Waals surface area contributed by atoms with E-state index in [-0.39, 0.29) is 31.3 Å². The molecule has 364 valence electrons. The Morgan fingerprint density at radius 2 is 0.859 bits per heavy atom. The number of rotatable bonds is 45. The third-order valence-corrected chi connectivity index (χ3v) is 11.1. The number of esters is 1. The summed E-state index contributed by atoms with van der Waals surface area (Å²) in [6.45, 7) is 6.29. The molecule has 0 radical (unpaired) electrons. The van der Waals surface area contributed by atoms with Crippen molar-refractivity contribution in [2.24, 2.45) is 0 Å². The van der Waals surface area contributed by atoms with Crippen molar-refractivity contribution in [1.82, 2.24) is 5.32 Å². The lowest BCUT2D eigenvalue weighted by atomic mass is 10.0. The van der Waals surface area contributed by atoms with Crippen LogP contribution in [0.25, 0.3) is 0 Å². The highest BCUT2D eigenvalue weighted by Gasteiger charge is 2.23. The zero-order chi connectivity index (χ0) is 46.7. The van der Waals surface area contributed by atoms with Gasteiger partial charge in [0.1, 0.15) is 6.10 Å². The maximum Gasteiger partial charge on any atom is 0.306 e. The number of carbonyl (C=O) groups is 2. The van der Waals surface area contributed by atoms with Gasteiger partial charge in [-0.15, -0.1) is 0 Å². The molecule has 1 amide bonds. The van der Waals surface area contributed by atoms with Gasteiger partial charge in [0, 0.05) is 6.42 Å².